The van der Waals surface area contributed by atoms with Gasteiger partial charge in [-0.25, -0.2) is 0 Å². The molecule has 0 saturated heterocycles. The van der Waals surface area contributed by atoms with Crippen molar-refractivity contribution in [3.63, 3.8) is 0 Å². The van der Waals surface area contributed by atoms with Gasteiger partial charge in [0.05, 0.1) is 0 Å². The van der Waals surface area contributed by atoms with E-state index >= 15 is 0 Å². The van der Waals surface area contributed by atoms with E-state index in [2.05, 4.69) is 6.58 Å². The van der Waals surface area contributed by atoms with Crippen molar-refractivity contribution >= 4 is 0 Å². The van der Waals surface area contributed by atoms with Crippen molar-refractivity contribution in [2.45, 2.75) is 20.3 Å². The van der Waals surface area contributed by atoms with Gasteiger partial charge < -0.3 is 5.11 Å². The van der Waals surface area contributed by atoms with E-state index in [0.717, 1.165) is 17.6 Å². The summed E-state index contributed by atoms with van der Waals surface area (Å²) in [4.78, 5) is 0. The maximum atomic E-state index is 11.1. The van der Waals surface area contributed by atoms with E-state index in [-0.39, 0.29) is 30.5 Å². The van der Waals surface area contributed by atoms with Gasteiger partial charge in [0, 0.05) is 5.92 Å². The van der Waals surface area contributed by atoms with Crippen LogP contribution in [0.5, 0.6) is 0 Å². The van der Waals surface area contributed by atoms with Crippen LogP contribution in [0.4, 0.5) is 0 Å². The molecule has 0 aliphatic heterocycles. The van der Waals surface area contributed by atoms with E-state index in [1.165, 1.54) is 0 Å². The predicted molar refractivity (Wildman–Crippen MR) is 44.8 cm³/mol. The zero-order valence-corrected chi connectivity index (χ0v) is 8.05. The molecule has 0 aromatic carbocycles. The molecule has 60 valence electrons. The van der Waals surface area contributed by atoms with Crippen molar-refractivity contribution in [1.29, 1.82) is 0 Å². The van der Waals surface area contributed by atoms with Crippen molar-refractivity contribution in [1.82, 2.24) is 0 Å². The van der Waals surface area contributed by atoms with Crippen LogP contribution < -0.4 is 24.0 Å². The molecule has 0 spiro atoms. The summed E-state index contributed by atoms with van der Waals surface area (Å²) in [6, 6.07) is 0. The fraction of sp³-hybridized carbons (Fsp3) is 0.400. The molecular formula is C10H13LiO. The molecule has 0 fully saturated rings. The Balaban J connectivity index is 0.00000121. The average Bonchev–Trinajstić information content (AvgIpc) is 1.94. The summed E-state index contributed by atoms with van der Waals surface area (Å²) in [6.07, 6.45) is 4.69. The molecule has 1 aliphatic carbocycles. The molecule has 1 nitrogen and oxygen atoms in total. The van der Waals surface area contributed by atoms with Crippen molar-refractivity contribution in [2.24, 2.45) is 5.92 Å². The minimum Gasteiger partial charge on any atom is -0.872 e. The quantitative estimate of drug-likeness (QED) is 0.344. The molecule has 0 amide bonds. The molecule has 0 bridgehead atoms. The summed E-state index contributed by atoms with van der Waals surface area (Å²) in [6.45, 7) is 7.64. The summed E-state index contributed by atoms with van der Waals surface area (Å²) in [5.41, 5.74) is 1.93. The zero-order valence-electron chi connectivity index (χ0n) is 8.05. The van der Waals surface area contributed by atoms with Crippen LogP contribution in [-0.2, 0) is 0 Å². The third kappa shape index (κ3) is 2.59. The molecule has 0 heterocycles. The molecule has 0 radical (unpaired) electrons. The van der Waals surface area contributed by atoms with Gasteiger partial charge in [0.2, 0.25) is 0 Å². The van der Waals surface area contributed by atoms with E-state index in [9.17, 15) is 5.11 Å². The molecule has 1 rings (SSSR count). The van der Waals surface area contributed by atoms with Crippen molar-refractivity contribution in [3.8, 4) is 0 Å². The second-order valence-corrected chi connectivity index (χ2v) is 3.11. The summed E-state index contributed by atoms with van der Waals surface area (Å²) >= 11 is 0. The first kappa shape index (κ1) is 11.6. The Kier molecular flexibility index (Phi) is 4.45. The van der Waals surface area contributed by atoms with Gasteiger partial charge in [0.1, 0.15) is 0 Å². The van der Waals surface area contributed by atoms with Crippen LogP contribution in [0.1, 0.15) is 20.3 Å². The van der Waals surface area contributed by atoms with Crippen LogP contribution in [0.15, 0.2) is 35.6 Å². The second-order valence-electron chi connectivity index (χ2n) is 3.11. The van der Waals surface area contributed by atoms with Crippen LogP contribution in [-0.4, -0.2) is 0 Å². The van der Waals surface area contributed by atoms with Crippen LogP contribution in [0.3, 0.4) is 0 Å². The monoisotopic (exact) mass is 156 g/mol. The molecule has 0 aromatic rings. The Morgan fingerprint density at radius 1 is 1.67 bits per heavy atom. The summed E-state index contributed by atoms with van der Waals surface area (Å²) in [5, 5.41) is 11.1. The van der Waals surface area contributed by atoms with E-state index in [1.54, 1.807) is 6.08 Å². The molecule has 0 unspecified atom stereocenters. The van der Waals surface area contributed by atoms with Crippen molar-refractivity contribution in [2.75, 3.05) is 0 Å². The van der Waals surface area contributed by atoms with Crippen LogP contribution in [0.2, 0.25) is 0 Å². The summed E-state index contributed by atoms with van der Waals surface area (Å²) in [7, 11) is 0. The molecule has 0 N–H and O–H groups in total. The Morgan fingerprint density at radius 3 is 2.67 bits per heavy atom. The van der Waals surface area contributed by atoms with E-state index in [1.807, 2.05) is 19.9 Å². The number of rotatable bonds is 1. The summed E-state index contributed by atoms with van der Waals surface area (Å²) in [5.74, 6) is 0.426. The normalized spacial score (nSPS) is 22.0. The van der Waals surface area contributed by atoms with Gasteiger partial charge in [0.15, 0.2) is 0 Å². The fourth-order valence-electron chi connectivity index (χ4n) is 1.13. The molecule has 0 saturated carbocycles. The Labute approximate surface area is 86.0 Å². The zero-order chi connectivity index (χ0) is 8.43. The van der Waals surface area contributed by atoms with Gasteiger partial charge in [-0.3, -0.25) is 0 Å². The average molecular weight is 156 g/mol. The molecule has 1 atom stereocenters. The van der Waals surface area contributed by atoms with Gasteiger partial charge in [-0.1, -0.05) is 29.9 Å². The molecular weight excluding hydrogens is 143 g/mol. The molecule has 12 heavy (non-hydrogen) atoms. The van der Waals surface area contributed by atoms with Gasteiger partial charge in [0.25, 0.3) is 0 Å². The first-order chi connectivity index (χ1) is 5.11. The minimum absolute atomic E-state index is 0. The maximum Gasteiger partial charge on any atom is 1.00 e. The second kappa shape index (κ2) is 4.60. The van der Waals surface area contributed by atoms with Crippen LogP contribution in [0, 0.1) is 5.92 Å². The third-order valence-corrected chi connectivity index (χ3v) is 2.05. The topological polar surface area (TPSA) is 23.1 Å². The van der Waals surface area contributed by atoms with Gasteiger partial charge in [-0.2, -0.15) is 0 Å². The molecule has 1 aliphatic rings. The standard InChI is InChI=1S/C10H14O.Li/c1-7(2)9-5-4-8(3)10(11)6-9;/h4,6,9,11H,1,5H2,2-3H3;/q;+1/p-1/t9-;/m1./s1. The van der Waals surface area contributed by atoms with Gasteiger partial charge in [-0.15, -0.1) is 5.76 Å². The molecule has 2 heteroatoms. The van der Waals surface area contributed by atoms with Crippen molar-refractivity contribution < 1.29 is 24.0 Å². The largest absolute Gasteiger partial charge is 1.00 e. The van der Waals surface area contributed by atoms with E-state index < -0.39 is 0 Å². The Bertz CT molecular complexity index is 238. The van der Waals surface area contributed by atoms with Crippen LogP contribution in [0.25, 0.3) is 0 Å². The SMILES string of the molecule is C=C(C)[C@H]1C=C([O-])C(C)=CC1.[Li+]. The van der Waals surface area contributed by atoms with E-state index in [4.69, 9.17) is 0 Å². The first-order valence-corrected chi connectivity index (χ1v) is 3.82. The van der Waals surface area contributed by atoms with Crippen molar-refractivity contribution in [3.05, 3.63) is 35.6 Å². The maximum absolute atomic E-state index is 11.1. The van der Waals surface area contributed by atoms with Gasteiger partial charge >= 0.3 is 18.9 Å². The first-order valence-electron chi connectivity index (χ1n) is 3.82. The fourth-order valence-corrected chi connectivity index (χ4v) is 1.13. The predicted octanol–water partition coefficient (Wildman–Crippen LogP) is -1.22. The Morgan fingerprint density at radius 2 is 2.25 bits per heavy atom. The number of hydrogen-bond acceptors (Lipinski definition) is 1. The third-order valence-electron chi connectivity index (χ3n) is 2.05. The Hall–Kier alpha value is -0.383. The minimum atomic E-state index is 0. The number of allylic oxidation sites excluding steroid dienone is 4. The smallest absolute Gasteiger partial charge is 0.872 e. The van der Waals surface area contributed by atoms with Gasteiger partial charge in [-0.05, 0) is 20.3 Å². The number of hydrogen-bond donors (Lipinski definition) is 0. The van der Waals surface area contributed by atoms with E-state index in [0.29, 0.717) is 0 Å². The summed E-state index contributed by atoms with van der Waals surface area (Å²) < 4.78 is 0. The van der Waals surface area contributed by atoms with Crippen LogP contribution >= 0.6 is 0 Å². The molecule has 0 aromatic heterocycles.